The Bertz CT molecular complexity index is 974. The van der Waals surface area contributed by atoms with Crippen LogP contribution in [0.1, 0.15) is 111 Å². The van der Waals surface area contributed by atoms with E-state index in [-0.39, 0.29) is 37.3 Å². The molecule has 2 N–H and O–H groups in total. The van der Waals surface area contributed by atoms with Crippen molar-refractivity contribution in [2.75, 3.05) is 19.7 Å². The molecule has 0 aliphatic rings. The Labute approximate surface area is 247 Å². The lowest BCUT2D eigenvalue weighted by Crippen LogP contribution is -2.55. The topological polar surface area (TPSA) is 114 Å². The summed E-state index contributed by atoms with van der Waals surface area (Å²) < 4.78 is 10.5. The monoisotopic (exact) mass is 575 g/mol. The number of esters is 1. The molecule has 0 bridgehead atoms. The maximum atomic E-state index is 14.4. The predicted octanol–water partition coefficient (Wildman–Crippen LogP) is 5.84. The molecule has 3 atom stereocenters. The molecule has 41 heavy (non-hydrogen) atoms. The number of ether oxygens (including phenoxy) is 2. The largest absolute Gasteiger partial charge is 0.466 e. The predicted molar refractivity (Wildman–Crippen MR) is 161 cm³/mol. The van der Waals surface area contributed by atoms with Crippen LogP contribution in [-0.4, -0.2) is 60.1 Å². The molecule has 9 nitrogen and oxygen atoms in total. The summed E-state index contributed by atoms with van der Waals surface area (Å²) in [7, 11) is 0. The number of hydrogen-bond donors (Lipinski definition) is 2. The third-order valence-electron chi connectivity index (χ3n) is 6.91. The van der Waals surface area contributed by atoms with Crippen molar-refractivity contribution >= 4 is 23.9 Å². The average Bonchev–Trinajstić information content (AvgIpc) is 2.90. The fourth-order valence-corrected chi connectivity index (χ4v) is 4.51. The van der Waals surface area contributed by atoms with Gasteiger partial charge in [0.2, 0.25) is 11.8 Å². The smallest absolute Gasteiger partial charge is 0.408 e. The third-order valence-corrected chi connectivity index (χ3v) is 6.91. The number of hydrogen-bond acceptors (Lipinski definition) is 6. The Kier molecular flexibility index (Phi) is 16.1. The number of nitrogens with one attached hydrogen (secondary N) is 2. The van der Waals surface area contributed by atoms with Crippen LogP contribution < -0.4 is 10.6 Å². The lowest BCUT2D eigenvalue weighted by molar-refractivity contribution is -0.145. The van der Waals surface area contributed by atoms with Gasteiger partial charge < -0.3 is 25.0 Å². The molecular formula is C32H53N3O6. The summed E-state index contributed by atoms with van der Waals surface area (Å²) in [6.07, 6.45) is 4.83. The highest BCUT2D eigenvalue weighted by Gasteiger charge is 2.38. The molecule has 0 aromatic heterocycles. The standard InChI is InChI=1S/C32H53N3O6/c1-9-12-13-14-17-22-35(30(38)27(23(4)10-2)34-31(39)41-32(6,7)8)28(25-19-16-15-18-24(25)5)29(37)33-21-20-26(36)40-11-3/h15-16,18-19,23,27-28H,9-14,17,20-22H2,1-8H3,(H,33,37)(H,34,39). The molecule has 0 radical (unpaired) electrons. The second kappa shape index (κ2) is 18.4. The second-order valence-electron chi connectivity index (χ2n) is 11.6. The Morgan fingerprint density at radius 1 is 0.976 bits per heavy atom. The van der Waals surface area contributed by atoms with Gasteiger partial charge in [0.15, 0.2) is 0 Å². The summed E-state index contributed by atoms with van der Waals surface area (Å²) in [4.78, 5) is 54.5. The zero-order valence-electron chi connectivity index (χ0n) is 26.5. The van der Waals surface area contributed by atoms with Crippen LogP contribution in [0.2, 0.25) is 0 Å². The Morgan fingerprint density at radius 3 is 2.22 bits per heavy atom. The quantitative estimate of drug-likeness (QED) is 0.178. The Hall–Kier alpha value is -3.10. The van der Waals surface area contributed by atoms with Gasteiger partial charge in [-0.05, 0) is 58.1 Å². The van der Waals surface area contributed by atoms with Gasteiger partial charge in [0, 0.05) is 13.1 Å². The summed E-state index contributed by atoms with van der Waals surface area (Å²) in [6.45, 7) is 15.6. The fourth-order valence-electron chi connectivity index (χ4n) is 4.51. The van der Waals surface area contributed by atoms with Gasteiger partial charge in [0.05, 0.1) is 13.0 Å². The van der Waals surface area contributed by atoms with Gasteiger partial charge in [-0.25, -0.2) is 4.79 Å². The minimum Gasteiger partial charge on any atom is -0.466 e. The summed E-state index contributed by atoms with van der Waals surface area (Å²) in [5, 5.41) is 5.65. The fraction of sp³-hybridized carbons (Fsp3) is 0.688. The van der Waals surface area contributed by atoms with Crippen LogP contribution in [0, 0.1) is 12.8 Å². The Morgan fingerprint density at radius 2 is 1.63 bits per heavy atom. The maximum Gasteiger partial charge on any atom is 0.408 e. The number of carbonyl (C=O) groups excluding carboxylic acids is 4. The highest BCUT2D eigenvalue weighted by molar-refractivity contribution is 5.92. The number of benzene rings is 1. The van der Waals surface area contributed by atoms with Crippen LogP contribution in [-0.2, 0) is 23.9 Å². The Balaban J connectivity index is 3.47. The van der Waals surface area contributed by atoms with Gasteiger partial charge >= 0.3 is 12.1 Å². The van der Waals surface area contributed by atoms with Crippen molar-refractivity contribution in [2.24, 2.45) is 5.92 Å². The van der Waals surface area contributed by atoms with Crippen molar-refractivity contribution in [1.82, 2.24) is 15.5 Å². The molecule has 0 spiro atoms. The van der Waals surface area contributed by atoms with E-state index in [4.69, 9.17) is 9.47 Å². The summed E-state index contributed by atoms with van der Waals surface area (Å²) >= 11 is 0. The molecule has 0 aliphatic heterocycles. The second-order valence-corrected chi connectivity index (χ2v) is 11.6. The van der Waals surface area contributed by atoms with Crippen molar-refractivity contribution in [2.45, 2.75) is 118 Å². The first-order valence-electron chi connectivity index (χ1n) is 15.1. The van der Waals surface area contributed by atoms with E-state index < -0.39 is 29.7 Å². The first kappa shape index (κ1) is 35.9. The molecule has 0 fully saturated rings. The molecule has 3 amide bonds. The molecule has 9 heteroatoms. The summed E-state index contributed by atoms with van der Waals surface area (Å²) in [6, 6.07) is 5.66. The first-order valence-corrected chi connectivity index (χ1v) is 15.1. The van der Waals surface area contributed by atoms with Gasteiger partial charge in [-0.2, -0.15) is 0 Å². The van der Waals surface area contributed by atoms with E-state index in [1.165, 1.54) is 0 Å². The molecule has 1 rings (SSSR count). The van der Waals surface area contributed by atoms with Crippen LogP contribution >= 0.6 is 0 Å². The van der Waals surface area contributed by atoms with E-state index in [1.807, 2.05) is 45.0 Å². The van der Waals surface area contributed by atoms with Gasteiger partial charge in [0.25, 0.3) is 0 Å². The summed E-state index contributed by atoms with van der Waals surface area (Å²) in [5.41, 5.74) is 0.833. The van der Waals surface area contributed by atoms with Crippen molar-refractivity contribution < 1.29 is 28.7 Å². The van der Waals surface area contributed by atoms with E-state index >= 15 is 0 Å². The highest BCUT2D eigenvalue weighted by atomic mass is 16.6. The molecule has 0 saturated carbocycles. The zero-order chi connectivity index (χ0) is 31.0. The number of alkyl carbamates (subject to hydrolysis) is 1. The van der Waals surface area contributed by atoms with Crippen molar-refractivity contribution in [1.29, 1.82) is 0 Å². The maximum absolute atomic E-state index is 14.4. The lowest BCUT2D eigenvalue weighted by Gasteiger charge is -2.36. The normalized spacial score (nSPS) is 13.5. The van der Waals surface area contributed by atoms with Gasteiger partial charge in [-0.1, -0.05) is 77.1 Å². The molecule has 232 valence electrons. The lowest BCUT2D eigenvalue weighted by atomic mass is 9.94. The molecule has 1 aromatic rings. The van der Waals surface area contributed by atoms with Gasteiger partial charge in [-0.15, -0.1) is 0 Å². The van der Waals surface area contributed by atoms with Crippen LogP contribution in [0.3, 0.4) is 0 Å². The van der Waals surface area contributed by atoms with Crippen LogP contribution in [0.5, 0.6) is 0 Å². The number of carbonyl (C=O) groups is 4. The molecule has 0 heterocycles. The van der Waals surface area contributed by atoms with E-state index in [9.17, 15) is 19.2 Å². The molecular weight excluding hydrogens is 522 g/mol. The van der Waals surface area contributed by atoms with Gasteiger partial charge in [0.1, 0.15) is 17.7 Å². The number of aryl methyl sites for hydroxylation is 1. The number of rotatable bonds is 17. The summed E-state index contributed by atoms with van der Waals surface area (Å²) in [5.74, 6) is -1.33. The van der Waals surface area contributed by atoms with E-state index in [0.29, 0.717) is 24.9 Å². The van der Waals surface area contributed by atoms with E-state index in [1.54, 1.807) is 32.6 Å². The average molecular weight is 576 g/mol. The van der Waals surface area contributed by atoms with Crippen LogP contribution in [0.15, 0.2) is 24.3 Å². The molecule has 1 aromatic carbocycles. The first-order chi connectivity index (χ1) is 19.4. The van der Waals surface area contributed by atoms with Crippen molar-refractivity contribution in [3.05, 3.63) is 35.4 Å². The SMILES string of the molecule is CCCCCCCN(C(=O)C(NC(=O)OC(C)(C)C)C(C)CC)C(C(=O)NCCC(=O)OCC)c1ccccc1C. The van der Waals surface area contributed by atoms with Gasteiger partial charge in [-0.3, -0.25) is 14.4 Å². The van der Waals surface area contributed by atoms with E-state index in [2.05, 4.69) is 17.6 Å². The van der Waals surface area contributed by atoms with Crippen LogP contribution in [0.25, 0.3) is 0 Å². The number of unbranched alkanes of at least 4 members (excludes halogenated alkanes) is 4. The third kappa shape index (κ3) is 13.0. The number of nitrogens with zero attached hydrogens (tertiary/aromatic N) is 1. The number of amides is 3. The highest BCUT2D eigenvalue weighted by Crippen LogP contribution is 2.27. The van der Waals surface area contributed by atoms with Crippen molar-refractivity contribution in [3.63, 3.8) is 0 Å². The molecule has 3 unspecified atom stereocenters. The minimum atomic E-state index is -0.941. The molecule has 0 saturated heterocycles. The zero-order valence-corrected chi connectivity index (χ0v) is 26.5. The van der Waals surface area contributed by atoms with Crippen LogP contribution in [0.4, 0.5) is 4.79 Å². The minimum absolute atomic E-state index is 0.0285. The van der Waals surface area contributed by atoms with Crippen molar-refractivity contribution in [3.8, 4) is 0 Å². The molecule has 0 aliphatic carbocycles. The van der Waals surface area contributed by atoms with E-state index in [0.717, 1.165) is 31.2 Å².